The third kappa shape index (κ3) is 4.44. The first-order valence-corrected chi connectivity index (χ1v) is 6.52. The molecule has 1 fully saturated rings. The first kappa shape index (κ1) is 15.2. The van der Waals surface area contributed by atoms with Gasteiger partial charge in [-0.15, -0.1) is 0 Å². The summed E-state index contributed by atoms with van der Waals surface area (Å²) in [5, 5.41) is 11.5. The summed E-state index contributed by atoms with van der Waals surface area (Å²) in [4.78, 5) is 12.9. The molecule has 106 valence electrons. The summed E-state index contributed by atoms with van der Waals surface area (Å²) in [6.45, 7) is 7.25. The molecule has 0 spiro atoms. The molecule has 5 heteroatoms. The quantitative estimate of drug-likeness (QED) is 0.801. The molecule has 0 aromatic carbocycles. The van der Waals surface area contributed by atoms with Crippen LogP contribution in [-0.4, -0.2) is 48.5 Å². The number of carbonyl (C=O) groups is 1. The first-order chi connectivity index (χ1) is 8.20. The van der Waals surface area contributed by atoms with Gasteiger partial charge in [0, 0.05) is 12.6 Å². The highest BCUT2D eigenvalue weighted by molar-refractivity contribution is 5.65. The minimum absolute atomic E-state index is 0.0565. The van der Waals surface area contributed by atoms with Crippen molar-refractivity contribution in [2.75, 3.05) is 20.1 Å². The lowest BCUT2D eigenvalue weighted by Crippen LogP contribution is -2.48. The van der Waals surface area contributed by atoms with Gasteiger partial charge in [0.1, 0.15) is 6.17 Å². The Bertz CT molecular complexity index is 291. The second-order valence-corrected chi connectivity index (χ2v) is 6.44. The van der Waals surface area contributed by atoms with Gasteiger partial charge in [-0.3, -0.25) is 0 Å². The van der Waals surface area contributed by atoms with Gasteiger partial charge < -0.3 is 15.3 Å². The Balaban J connectivity index is 2.80. The molecule has 0 bridgehead atoms. The fourth-order valence-electron chi connectivity index (χ4n) is 2.81. The molecule has 3 unspecified atom stereocenters. The van der Waals surface area contributed by atoms with Crippen molar-refractivity contribution in [1.82, 2.24) is 10.2 Å². The van der Waals surface area contributed by atoms with Crippen molar-refractivity contribution in [1.29, 1.82) is 0 Å². The average Bonchev–Trinajstić information content (AvgIpc) is 2.34. The maximum atomic E-state index is 13.8. The summed E-state index contributed by atoms with van der Waals surface area (Å²) in [6.07, 6.45) is -0.628. The normalized spacial score (nSPS) is 28.5. The highest BCUT2D eigenvalue weighted by Gasteiger charge is 2.36. The van der Waals surface area contributed by atoms with E-state index < -0.39 is 12.3 Å². The molecule has 3 atom stereocenters. The number of hydrogen-bond donors (Lipinski definition) is 2. The molecule has 0 aliphatic carbocycles. The number of hydrogen-bond acceptors (Lipinski definition) is 2. The molecular weight excluding hydrogens is 235 g/mol. The molecule has 1 aliphatic heterocycles. The summed E-state index contributed by atoms with van der Waals surface area (Å²) in [5.41, 5.74) is -0.203. The summed E-state index contributed by atoms with van der Waals surface area (Å²) in [6, 6.07) is -0.209. The van der Waals surface area contributed by atoms with Gasteiger partial charge in [0.2, 0.25) is 0 Å². The zero-order valence-electron chi connectivity index (χ0n) is 11.7. The van der Waals surface area contributed by atoms with Crippen LogP contribution in [0.1, 0.15) is 33.6 Å². The maximum absolute atomic E-state index is 13.8. The highest BCUT2D eigenvalue weighted by Crippen LogP contribution is 2.32. The predicted octanol–water partition coefficient (Wildman–Crippen LogP) is 2.35. The number of amides is 1. The molecule has 4 nitrogen and oxygen atoms in total. The smallest absolute Gasteiger partial charge is 0.404 e. The van der Waals surface area contributed by atoms with Crippen LogP contribution >= 0.6 is 0 Å². The van der Waals surface area contributed by atoms with Crippen LogP contribution in [-0.2, 0) is 0 Å². The van der Waals surface area contributed by atoms with Gasteiger partial charge in [-0.25, -0.2) is 9.18 Å². The summed E-state index contributed by atoms with van der Waals surface area (Å²) >= 11 is 0. The van der Waals surface area contributed by atoms with Crippen molar-refractivity contribution in [3.63, 3.8) is 0 Å². The lowest BCUT2D eigenvalue weighted by atomic mass is 9.76. The predicted molar refractivity (Wildman–Crippen MR) is 69.5 cm³/mol. The number of rotatable bonds is 2. The summed E-state index contributed by atoms with van der Waals surface area (Å²) in [7, 11) is 1.91. The topological polar surface area (TPSA) is 52.6 Å². The van der Waals surface area contributed by atoms with E-state index in [2.05, 4.69) is 5.32 Å². The number of alkyl halides is 1. The van der Waals surface area contributed by atoms with Crippen LogP contribution in [0.4, 0.5) is 9.18 Å². The van der Waals surface area contributed by atoms with Crippen molar-refractivity contribution < 1.29 is 14.3 Å². The third-order valence-corrected chi connectivity index (χ3v) is 3.63. The van der Waals surface area contributed by atoms with Crippen LogP contribution in [0.5, 0.6) is 0 Å². The standard InChI is InChI=1S/C13H25FN2O2/c1-13(2,3)11(15-12(17)18)9-5-6-16(4)8-10(14)7-9/h9-11,15H,5-8H2,1-4H3,(H,17,18). The van der Waals surface area contributed by atoms with Crippen molar-refractivity contribution in [3.05, 3.63) is 0 Å². The SMILES string of the molecule is CN1CCC(C(NC(=O)O)C(C)(C)C)CC(F)C1. The molecule has 0 aromatic rings. The molecule has 0 saturated carbocycles. The highest BCUT2D eigenvalue weighted by atomic mass is 19.1. The fourth-order valence-corrected chi connectivity index (χ4v) is 2.81. The molecule has 1 aliphatic rings. The zero-order chi connectivity index (χ0) is 13.9. The number of carboxylic acid groups (broad SMARTS) is 1. The Hall–Kier alpha value is -0.840. The zero-order valence-corrected chi connectivity index (χ0v) is 11.7. The van der Waals surface area contributed by atoms with Crippen LogP contribution in [0, 0.1) is 11.3 Å². The molecule has 1 heterocycles. The van der Waals surface area contributed by atoms with E-state index in [-0.39, 0.29) is 17.4 Å². The lowest BCUT2D eigenvalue weighted by molar-refractivity contribution is 0.137. The number of halogens is 1. The molecule has 1 saturated heterocycles. The van der Waals surface area contributed by atoms with Crippen molar-refractivity contribution >= 4 is 6.09 Å². The van der Waals surface area contributed by atoms with Crippen molar-refractivity contribution in [2.45, 2.75) is 45.8 Å². The van der Waals surface area contributed by atoms with E-state index in [0.29, 0.717) is 13.0 Å². The van der Waals surface area contributed by atoms with Gasteiger partial charge >= 0.3 is 6.09 Å². The van der Waals surface area contributed by atoms with E-state index in [1.165, 1.54) is 0 Å². The van der Waals surface area contributed by atoms with E-state index in [1.54, 1.807) is 0 Å². The largest absolute Gasteiger partial charge is 0.465 e. The van der Waals surface area contributed by atoms with Gasteiger partial charge in [0.05, 0.1) is 0 Å². The maximum Gasteiger partial charge on any atom is 0.404 e. The van der Waals surface area contributed by atoms with Gasteiger partial charge in [0.15, 0.2) is 0 Å². The van der Waals surface area contributed by atoms with E-state index in [1.807, 2.05) is 32.7 Å². The van der Waals surface area contributed by atoms with Gasteiger partial charge in [0.25, 0.3) is 0 Å². The molecule has 0 aromatic heterocycles. The second-order valence-electron chi connectivity index (χ2n) is 6.44. The van der Waals surface area contributed by atoms with Crippen LogP contribution in [0.25, 0.3) is 0 Å². The van der Waals surface area contributed by atoms with Gasteiger partial charge in [-0.1, -0.05) is 20.8 Å². The Morgan fingerprint density at radius 1 is 1.50 bits per heavy atom. The molecule has 1 amide bonds. The molecule has 1 rings (SSSR count). The Kier molecular flexibility index (Phi) is 4.96. The monoisotopic (exact) mass is 260 g/mol. The van der Waals surface area contributed by atoms with Crippen molar-refractivity contribution in [2.24, 2.45) is 11.3 Å². The lowest BCUT2D eigenvalue weighted by Gasteiger charge is -2.37. The number of likely N-dealkylation sites (tertiary alicyclic amines) is 1. The Labute approximate surface area is 109 Å². The molecular formula is C13H25FN2O2. The second kappa shape index (κ2) is 5.87. The Morgan fingerprint density at radius 2 is 2.11 bits per heavy atom. The van der Waals surface area contributed by atoms with E-state index in [4.69, 9.17) is 5.11 Å². The number of nitrogens with zero attached hydrogens (tertiary/aromatic N) is 1. The van der Waals surface area contributed by atoms with Gasteiger partial charge in [-0.05, 0) is 37.8 Å². The third-order valence-electron chi connectivity index (χ3n) is 3.63. The van der Waals surface area contributed by atoms with Crippen LogP contribution < -0.4 is 5.32 Å². The summed E-state index contributed by atoms with van der Waals surface area (Å²) < 4.78 is 13.8. The molecule has 0 radical (unpaired) electrons. The van der Waals surface area contributed by atoms with E-state index in [9.17, 15) is 9.18 Å². The van der Waals surface area contributed by atoms with Gasteiger partial charge in [-0.2, -0.15) is 0 Å². The van der Waals surface area contributed by atoms with Crippen molar-refractivity contribution in [3.8, 4) is 0 Å². The number of nitrogens with one attached hydrogen (secondary N) is 1. The average molecular weight is 260 g/mol. The van der Waals surface area contributed by atoms with E-state index in [0.717, 1.165) is 13.0 Å². The van der Waals surface area contributed by atoms with E-state index >= 15 is 0 Å². The molecule has 18 heavy (non-hydrogen) atoms. The minimum atomic E-state index is -1.03. The first-order valence-electron chi connectivity index (χ1n) is 6.52. The summed E-state index contributed by atoms with van der Waals surface area (Å²) in [5.74, 6) is 0.0565. The van der Waals surface area contributed by atoms with Crippen LogP contribution in [0.3, 0.4) is 0 Å². The van der Waals surface area contributed by atoms with Crippen LogP contribution in [0.15, 0.2) is 0 Å². The molecule has 2 N–H and O–H groups in total. The minimum Gasteiger partial charge on any atom is -0.465 e. The van der Waals surface area contributed by atoms with Crippen LogP contribution in [0.2, 0.25) is 0 Å². The fraction of sp³-hybridized carbons (Fsp3) is 0.923. The Morgan fingerprint density at radius 3 is 2.61 bits per heavy atom.